The second kappa shape index (κ2) is 8.31. The summed E-state index contributed by atoms with van der Waals surface area (Å²) in [4.78, 5) is 31.9. The average molecular weight is 373 g/mol. The van der Waals surface area contributed by atoms with Gasteiger partial charge in [0.1, 0.15) is 5.75 Å². The normalized spacial score (nSPS) is 16.8. The molecule has 1 aliphatic rings. The van der Waals surface area contributed by atoms with Crippen molar-refractivity contribution in [3.8, 4) is 5.75 Å². The Morgan fingerprint density at radius 2 is 2.23 bits per heavy atom. The van der Waals surface area contributed by atoms with Gasteiger partial charge in [-0.2, -0.15) is 0 Å². The third-order valence-corrected chi connectivity index (χ3v) is 5.59. The highest BCUT2D eigenvalue weighted by molar-refractivity contribution is 7.09. The molecule has 0 saturated carbocycles. The van der Waals surface area contributed by atoms with Crippen molar-refractivity contribution in [1.29, 1.82) is 0 Å². The number of anilines is 1. The largest absolute Gasteiger partial charge is 0.495 e. The van der Waals surface area contributed by atoms with E-state index in [1.165, 1.54) is 4.88 Å². The lowest BCUT2D eigenvalue weighted by Gasteiger charge is -2.19. The Morgan fingerprint density at radius 3 is 2.96 bits per heavy atom. The number of rotatable bonds is 7. The number of ether oxygens (including phenoxy) is 1. The first-order chi connectivity index (χ1) is 12.6. The molecule has 1 aliphatic heterocycles. The molecular weight excluding hydrogens is 350 g/mol. The minimum absolute atomic E-state index is 0.0464. The number of aryl methyl sites for hydroxylation is 2. The monoisotopic (exact) mass is 373 g/mol. The van der Waals surface area contributed by atoms with Crippen molar-refractivity contribution in [2.45, 2.75) is 26.2 Å². The number of carbonyl (C=O) groups excluding carboxylic acids is 2. The van der Waals surface area contributed by atoms with Crippen molar-refractivity contribution in [2.24, 2.45) is 5.92 Å². The van der Waals surface area contributed by atoms with Crippen molar-refractivity contribution in [3.63, 3.8) is 0 Å². The molecule has 1 aromatic heterocycles. The summed E-state index contributed by atoms with van der Waals surface area (Å²) < 4.78 is 5.33. The van der Waals surface area contributed by atoms with Gasteiger partial charge in [-0.05, 0) is 31.9 Å². The topological polar surface area (TPSA) is 71.5 Å². The summed E-state index contributed by atoms with van der Waals surface area (Å²) in [5, 5.41) is 2.96. The highest BCUT2D eigenvalue weighted by atomic mass is 32.1. The quantitative estimate of drug-likeness (QED) is 0.757. The first-order valence-electron chi connectivity index (χ1n) is 8.70. The van der Waals surface area contributed by atoms with Crippen LogP contribution in [0.2, 0.25) is 0 Å². The van der Waals surface area contributed by atoms with E-state index in [9.17, 15) is 9.59 Å². The van der Waals surface area contributed by atoms with Gasteiger partial charge in [0.15, 0.2) is 0 Å². The molecule has 1 aromatic carbocycles. The highest BCUT2D eigenvalue weighted by Gasteiger charge is 2.36. The fraction of sp³-hybridized carbons (Fsp3) is 0.421. The van der Waals surface area contributed by atoms with E-state index < -0.39 is 0 Å². The summed E-state index contributed by atoms with van der Waals surface area (Å²) in [5.41, 5.74) is 3.63. The summed E-state index contributed by atoms with van der Waals surface area (Å²) in [5.74, 6) is 0.214. The van der Waals surface area contributed by atoms with Crippen molar-refractivity contribution in [1.82, 2.24) is 10.3 Å². The number of amides is 2. The van der Waals surface area contributed by atoms with E-state index >= 15 is 0 Å². The number of para-hydroxylation sites is 2. The van der Waals surface area contributed by atoms with E-state index in [4.69, 9.17) is 4.74 Å². The molecule has 1 saturated heterocycles. The van der Waals surface area contributed by atoms with Crippen LogP contribution >= 0.6 is 11.3 Å². The van der Waals surface area contributed by atoms with Crippen LogP contribution in [0.25, 0.3) is 0 Å². The number of nitrogens with zero attached hydrogens (tertiary/aromatic N) is 2. The molecule has 1 fully saturated rings. The predicted octanol–water partition coefficient (Wildman–Crippen LogP) is 2.56. The van der Waals surface area contributed by atoms with E-state index in [1.807, 2.05) is 36.7 Å². The van der Waals surface area contributed by atoms with Crippen LogP contribution in [0.5, 0.6) is 5.75 Å². The molecular formula is C19H23N3O3S. The van der Waals surface area contributed by atoms with E-state index in [0.29, 0.717) is 18.8 Å². The summed E-state index contributed by atoms with van der Waals surface area (Å²) in [7, 11) is 1.58. The zero-order valence-corrected chi connectivity index (χ0v) is 15.8. The first-order valence-corrected chi connectivity index (χ1v) is 9.58. The third kappa shape index (κ3) is 4.04. The predicted molar refractivity (Wildman–Crippen MR) is 102 cm³/mol. The molecule has 2 heterocycles. The van der Waals surface area contributed by atoms with Gasteiger partial charge >= 0.3 is 0 Å². The van der Waals surface area contributed by atoms with Gasteiger partial charge in [-0.15, -0.1) is 11.3 Å². The Kier molecular flexibility index (Phi) is 5.88. The number of carbonyl (C=O) groups is 2. The average Bonchev–Trinajstić information content (AvgIpc) is 3.24. The molecule has 7 heteroatoms. The number of methoxy groups -OCH3 is 1. The Balaban J connectivity index is 1.51. The molecule has 2 amide bonds. The second-order valence-electron chi connectivity index (χ2n) is 6.33. The number of hydrogen-bond acceptors (Lipinski definition) is 5. The fourth-order valence-corrected chi connectivity index (χ4v) is 3.96. The molecule has 6 nitrogen and oxygen atoms in total. The summed E-state index contributed by atoms with van der Waals surface area (Å²) in [6.07, 6.45) is 2.01. The molecule has 1 N–H and O–H groups in total. The zero-order chi connectivity index (χ0) is 18.5. The Hall–Kier alpha value is -2.41. The lowest BCUT2D eigenvalue weighted by atomic mass is 10.1. The molecule has 0 spiro atoms. The van der Waals surface area contributed by atoms with Crippen LogP contribution in [0.4, 0.5) is 5.69 Å². The lowest BCUT2D eigenvalue weighted by molar-refractivity contribution is -0.126. The molecule has 0 bridgehead atoms. The molecule has 1 atom stereocenters. The van der Waals surface area contributed by atoms with E-state index in [1.54, 1.807) is 23.3 Å². The van der Waals surface area contributed by atoms with E-state index in [2.05, 4.69) is 10.3 Å². The Bertz CT molecular complexity index is 790. The van der Waals surface area contributed by atoms with Gasteiger partial charge in [0, 0.05) is 24.4 Å². The number of thiazole rings is 1. The van der Waals surface area contributed by atoms with Gasteiger partial charge in [-0.3, -0.25) is 9.59 Å². The van der Waals surface area contributed by atoms with Crippen LogP contribution in [0.15, 0.2) is 29.8 Å². The molecule has 2 aromatic rings. The maximum Gasteiger partial charge on any atom is 0.227 e. The summed E-state index contributed by atoms with van der Waals surface area (Å²) >= 11 is 1.65. The van der Waals surface area contributed by atoms with Gasteiger partial charge in [0.05, 0.1) is 29.9 Å². The molecule has 0 radical (unpaired) electrons. The maximum atomic E-state index is 12.4. The van der Waals surface area contributed by atoms with Gasteiger partial charge in [-0.25, -0.2) is 4.98 Å². The van der Waals surface area contributed by atoms with E-state index in [0.717, 1.165) is 24.2 Å². The SMILES string of the molecule is COc1ccccc1N1CC(C(=O)NCCCc2scnc2C)CC1=O. The zero-order valence-electron chi connectivity index (χ0n) is 15.0. The minimum atomic E-state index is -0.322. The molecule has 3 rings (SSSR count). The Morgan fingerprint density at radius 1 is 1.42 bits per heavy atom. The van der Waals surface area contributed by atoms with Crippen molar-refractivity contribution < 1.29 is 14.3 Å². The number of hydrogen-bond donors (Lipinski definition) is 1. The first kappa shape index (κ1) is 18.4. The maximum absolute atomic E-state index is 12.4. The number of nitrogens with one attached hydrogen (secondary N) is 1. The van der Waals surface area contributed by atoms with Crippen molar-refractivity contribution in [3.05, 3.63) is 40.3 Å². The molecule has 1 unspecified atom stereocenters. The van der Waals surface area contributed by atoms with Crippen molar-refractivity contribution >= 4 is 28.8 Å². The molecule has 26 heavy (non-hydrogen) atoms. The number of aromatic nitrogens is 1. The summed E-state index contributed by atoms with van der Waals surface area (Å²) in [6.45, 7) is 3.00. The van der Waals surface area contributed by atoms with Crippen LogP contribution in [0.3, 0.4) is 0 Å². The van der Waals surface area contributed by atoms with Crippen LogP contribution in [0.1, 0.15) is 23.4 Å². The third-order valence-electron chi connectivity index (χ3n) is 4.60. The van der Waals surface area contributed by atoms with Gasteiger partial charge in [-0.1, -0.05) is 12.1 Å². The fourth-order valence-electron chi connectivity index (χ4n) is 3.14. The van der Waals surface area contributed by atoms with Crippen LogP contribution in [-0.4, -0.2) is 37.0 Å². The second-order valence-corrected chi connectivity index (χ2v) is 7.27. The van der Waals surface area contributed by atoms with Gasteiger partial charge in [0.25, 0.3) is 0 Å². The van der Waals surface area contributed by atoms with Gasteiger partial charge < -0.3 is 15.0 Å². The van der Waals surface area contributed by atoms with Crippen LogP contribution in [0, 0.1) is 12.8 Å². The minimum Gasteiger partial charge on any atom is -0.495 e. The number of benzene rings is 1. The standard InChI is InChI=1S/C19H23N3O3S/c1-13-17(26-12-21-13)8-5-9-20-19(24)14-10-18(23)22(11-14)15-6-3-4-7-16(15)25-2/h3-4,6-7,12,14H,5,8-11H2,1-2H3,(H,20,24). The van der Waals surface area contributed by atoms with Crippen molar-refractivity contribution in [2.75, 3.05) is 25.1 Å². The van der Waals surface area contributed by atoms with Crippen LogP contribution in [-0.2, 0) is 16.0 Å². The lowest BCUT2D eigenvalue weighted by Crippen LogP contribution is -2.33. The Labute approximate surface area is 157 Å². The summed E-state index contributed by atoms with van der Waals surface area (Å²) in [6, 6.07) is 7.38. The van der Waals surface area contributed by atoms with Crippen LogP contribution < -0.4 is 15.0 Å². The van der Waals surface area contributed by atoms with E-state index in [-0.39, 0.29) is 24.2 Å². The van der Waals surface area contributed by atoms with Gasteiger partial charge in [0.2, 0.25) is 11.8 Å². The highest BCUT2D eigenvalue weighted by Crippen LogP contribution is 2.32. The molecule has 138 valence electrons. The smallest absolute Gasteiger partial charge is 0.227 e. The molecule has 0 aliphatic carbocycles.